The lowest BCUT2D eigenvalue weighted by Crippen LogP contribution is -2.15. The number of amides is 1. The van der Waals surface area contributed by atoms with E-state index >= 15 is 0 Å². The van der Waals surface area contributed by atoms with E-state index < -0.39 is 5.97 Å². The zero-order chi connectivity index (χ0) is 21.7. The minimum absolute atomic E-state index is 0.0600. The quantitative estimate of drug-likeness (QED) is 0.192. The fraction of sp³-hybridized carbons (Fsp3) is 0.0435. The molecule has 0 aromatic heterocycles. The first-order chi connectivity index (χ1) is 14.3. The normalized spacial score (nSPS) is 10.2. The summed E-state index contributed by atoms with van der Waals surface area (Å²) in [6.45, 7) is 1.39. The Bertz CT molecular complexity index is 1120. The second-order valence-corrected chi connectivity index (χ2v) is 6.47. The van der Waals surface area contributed by atoms with Gasteiger partial charge in [0.15, 0.2) is 5.78 Å². The molecule has 7 nitrogen and oxygen atoms in total. The molecule has 1 amide bonds. The predicted octanol–water partition coefficient (Wildman–Crippen LogP) is 3.38. The van der Waals surface area contributed by atoms with Crippen LogP contribution in [0, 0.1) is 5.41 Å². The van der Waals surface area contributed by atoms with E-state index in [0.717, 1.165) is 0 Å². The summed E-state index contributed by atoms with van der Waals surface area (Å²) in [6.07, 6.45) is 0. The number of hydrogen-bond donors (Lipinski definition) is 3. The molecule has 7 heteroatoms. The van der Waals surface area contributed by atoms with Crippen molar-refractivity contribution >= 4 is 29.2 Å². The van der Waals surface area contributed by atoms with Gasteiger partial charge >= 0.3 is 5.97 Å². The number of ether oxygens (including phenoxy) is 1. The van der Waals surface area contributed by atoms with Crippen LogP contribution in [0.5, 0.6) is 5.75 Å². The first-order valence-corrected chi connectivity index (χ1v) is 9.03. The highest BCUT2D eigenvalue weighted by molar-refractivity contribution is 6.12. The van der Waals surface area contributed by atoms with E-state index in [1.54, 1.807) is 42.5 Å². The van der Waals surface area contributed by atoms with Crippen molar-refractivity contribution in [3.8, 4) is 5.75 Å². The number of ketones is 1. The van der Waals surface area contributed by atoms with Gasteiger partial charge in [0.2, 0.25) is 5.91 Å². The summed E-state index contributed by atoms with van der Waals surface area (Å²) < 4.78 is 5.47. The summed E-state index contributed by atoms with van der Waals surface area (Å²) >= 11 is 0. The molecule has 0 spiro atoms. The number of carbonyl (C=O) groups excluding carboxylic acids is 3. The third-order valence-electron chi connectivity index (χ3n) is 4.21. The molecule has 0 heterocycles. The molecule has 0 fully saturated rings. The molecule has 150 valence electrons. The topological polar surface area (TPSA) is 122 Å². The molecule has 0 unspecified atom stereocenters. The molecular weight excluding hydrogens is 382 g/mol. The molecule has 0 saturated carbocycles. The van der Waals surface area contributed by atoms with Gasteiger partial charge in [-0.05, 0) is 42.5 Å². The van der Waals surface area contributed by atoms with Crippen molar-refractivity contribution < 1.29 is 19.1 Å². The van der Waals surface area contributed by atoms with Gasteiger partial charge in [0, 0.05) is 23.7 Å². The Morgan fingerprint density at radius 1 is 0.867 bits per heavy atom. The molecule has 30 heavy (non-hydrogen) atoms. The second-order valence-electron chi connectivity index (χ2n) is 6.47. The summed E-state index contributed by atoms with van der Waals surface area (Å²) in [7, 11) is 0. The van der Waals surface area contributed by atoms with Gasteiger partial charge in [0.05, 0.1) is 11.1 Å². The van der Waals surface area contributed by atoms with Crippen molar-refractivity contribution in [2.24, 2.45) is 5.73 Å². The molecule has 4 N–H and O–H groups in total. The third-order valence-corrected chi connectivity index (χ3v) is 4.21. The fourth-order valence-corrected chi connectivity index (χ4v) is 2.76. The van der Waals surface area contributed by atoms with Gasteiger partial charge in [-0.3, -0.25) is 15.0 Å². The van der Waals surface area contributed by atoms with Crippen LogP contribution in [0.2, 0.25) is 0 Å². The lowest BCUT2D eigenvalue weighted by Gasteiger charge is -2.12. The monoisotopic (exact) mass is 401 g/mol. The standard InChI is InChI=1S/C23H19N3O4/c1-14(27)26-18-10-7-16(8-11-18)23(29)30-20-12-9-17(22(24)25)13-19(20)21(28)15-5-3-2-4-6-15/h2-13H,1H3,(H3,24,25)(H,26,27). The molecule has 0 aliphatic rings. The zero-order valence-corrected chi connectivity index (χ0v) is 16.1. The average Bonchev–Trinajstić information content (AvgIpc) is 2.74. The van der Waals surface area contributed by atoms with Gasteiger partial charge in [0.25, 0.3) is 0 Å². The van der Waals surface area contributed by atoms with Crippen LogP contribution < -0.4 is 15.8 Å². The molecular formula is C23H19N3O4. The van der Waals surface area contributed by atoms with Crippen LogP contribution in [0.25, 0.3) is 0 Å². The predicted molar refractivity (Wildman–Crippen MR) is 113 cm³/mol. The van der Waals surface area contributed by atoms with E-state index in [9.17, 15) is 14.4 Å². The zero-order valence-electron chi connectivity index (χ0n) is 16.1. The number of nitrogens with two attached hydrogens (primary N) is 1. The van der Waals surface area contributed by atoms with Crippen molar-refractivity contribution in [1.82, 2.24) is 0 Å². The maximum absolute atomic E-state index is 13.0. The first kappa shape index (κ1) is 20.5. The first-order valence-electron chi connectivity index (χ1n) is 9.03. The number of carbonyl (C=O) groups is 3. The fourth-order valence-electron chi connectivity index (χ4n) is 2.76. The van der Waals surface area contributed by atoms with Gasteiger partial charge in [-0.1, -0.05) is 30.3 Å². The van der Waals surface area contributed by atoms with Crippen molar-refractivity contribution in [2.75, 3.05) is 5.32 Å². The largest absolute Gasteiger partial charge is 0.422 e. The number of amidine groups is 1. The number of anilines is 1. The van der Waals surface area contributed by atoms with E-state index in [1.165, 1.54) is 37.3 Å². The van der Waals surface area contributed by atoms with E-state index in [-0.39, 0.29) is 34.4 Å². The van der Waals surface area contributed by atoms with E-state index in [4.69, 9.17) is 15.9 Å². The molecule has 0 saturated heterocycles. The Labute approximate surface area is 173 Å². The van der Waals surface area contributed by atoms with E-state index in [2.05, 4.69) is 5.32 Å². The smallest absolute Gasteiger partial charge is 0.343 e. The second kappa shape index (κ2) is 8.83. The highest BCUT2D eigenvalue weighted by atomic mass is 16.5. The lowest BCUT2D eigenvalue weighted by atomic mass is 10.00. The highest BCUT2D eigenvalue weighted by Gasteiger charge is 2.19. The van der Waals surface area contributed by atoms with Crippen LogP contribution in [-0.2, 0) is 4.79 Å². The van der Waals surface area contributed by atoms with Crippen molar-refractivity contribution in [1.29, 1.82) is 5.41 Å². The maximum atomic E-state index is 13.0. The van der Waals surface area contributed by atoms with Crippen molar-refractivity contribution in [3.05, 3.63) is 95.1 Å². The molecule has 3 aromatic carbocycles. The molecule has 0 radical (unpaired) electrons. The summed E-state index contributed by atoms with van der Waals surface area (Å²) in [6, 6.07) is 19.1. The van der Waals surface area contributed by atoms with E-state index in [0.29, 0.717) is 16.8 Å². The van der Waals surface area contributed by atoms with Gasteiger partial charge in [-0.25, -0.2) is 4.79 Å². The molecule has 0 bridgehead atoms. The lowest BCUT2D eigenvalue weighted by molar-refractivity contribution is -0.114. The molecule has 0 atom stereocenters. The minimum Gasteiger partial charge on any atom is -0.422 e. The van der Waals surface area contributed by atoms with E-state index in [1.807, 2.05) is 0 Å². The average molecular weight is 401 g/mol. The Kier molecular flexibility index (Phi) is 6.03. The Morgan fingerprint density at radius 3 is 2.10 bits per heavy atom. The molecule has 0 aliphatic heterocycles. The molecule has 3 aromatic rings. The van der Waals surface area contributed by atoms with Crippen molar-refractivity contribution in [3.63, 3.8) is 0 Å². The third kappa shape index (κ3) is 4.77. The van der Waals surface area contributed by atoms with Gasteiger partial charge in [-0.2, -0.15) is 0 Å². The minimum atomic E-state index is -0.665. The number of nitrogen functional groups attached to an aromatic ring is 1. The summed E-state index contributed by atoms with van der Waals surface area (Å²) in [5.74, 6) is -1.39. The van der Waals surface area contributed by atoms with Gasteiger partial charge < -0.3 is 15.8 Å². The summed E-state index contributed by atoms with van der Waals surface area (Å²) in [5, 5.41) is 10.2. The Balaban J connectivity index is 1.91. The Hall–Kier alpha value is -4.26. The number of esters is 1. The van der Waals surface area contributed by atoms with Crippen molar-refractivity contribution in [2.45, 2.75) is 6.92 Å². The van der Waals surface area contributed by atoms with Crippen LogP contribution >= 0.6 is 0 Å². The van der Waals surface area contributed by atoms with Gasteiger partial charge in [-0.15, -0.1) is 0 Å². The van der Waals surface area contributed by atoms with Crippen LogP contribution in [0.15, 0.2) is 72.8 Å². The number of benzene rings is 3. The van der Waals surface area contributed by atoms with Crippen LogP contribution in [0.4, 0.5) is 5.69 Å². The van der Waals surface area contributed by atoms with Crippen LogP contribution in [0.3, 0.4) is 0 Å². The van der Waals surface area contributed by atoms with Gasteiger partial charge in [0.1, 0.15) is 11.6 Å². The highest BCUT2D eigenvalue weighted by Crippen LogP contribution is 2.25. The number of hydrogen-bond acceptors (Lipinski definition) is 5. The maximum Gasteiger partial charge on any atom is 0.343 e. The summed E-state index contributed by atoms with van der Waals surface area (Å²) in [5.41, 5.74) is 7.22. The Morgan fingerprint density at radius 2 is 1.50 bits per heavy atom. The molecule has 3 rings (SSSR count). The van der Waals surface area contributed by atoms with Crippen LogP contribution in [0.1, 0.15) is 38.8 Å². The summed E-state index contributed by atoms with van der Waals surface area (Å²) in [4.78, 5) is 36.7. The molecule has 0 aliphatic carbocycles. The van der Waals surface area contributed by atoms with Crippen LogP contribution in [-0.4, -0.2) is 23.5 Å². The SMILES string of the molecule is CC(=O)Nc1ccc(C(=O)Oc2ccc(C(=N)N)cc2C(=O)c2ccccc2)cc1. The number of nitrogens with one attached hydrogen (secondary N) is 2. The number of rotatable bonds is 6.